The predicted octanol–water partition coefficient (Wildman–Crippen LogP) is 4.43. The molecule has 0 fully saturated rings. The van der Waals surface area contributed by atoms with Crippen molar-refractivity contribution in [3.05, 3.63) is 92.7 Å². The highest BCUT2D eigenvalue weighted by atomic mass is 79.9. The fraction of sp³-hybridized carbons (Fsp3) is 0.0870. The molecule has 3 aromatic carbocycles. The summed E-state index contributed by atoms with van der Waals surface area (Å²) in [6.07, 6.45) is -0.334. The summed E-state index contributed by atoms with van der Waals surface area (Å²) in [5, 5.41) is 5.28. The van der Waals surface area contributed by atoms with Crippen LogP contribution in [0.1, 0.15) is 5.56 Å². The lowest BCUT2D eigenvalue weighted by atomic mass is 10.1. The number of rotatable bonds is 5. The molecule has 0 aliphatic rings. The van der Waals surface area contributed by atoms with Gasteiger partial charge in [0, 0.05) is 21.5 Å². The number of carbonyl (C=O) groups is 1. The fourth-order valence-electron chi connectivity index (χ4n) is 3.31. The van der Waals surface area contributed by atoms with Crippen molar-refractivity contribution in [2.45, 2.75) is 6.42 Å². The molecule has 0 bridgehead atoms. The van der Waals surface area contributed by atoms with Gasteiger partial charge in [-0.05, 0) is 60.2 Å². The Bertz CT molecular complexity index is 1370. The molecule has 0 unspecified atom stereocenters. The Morgan fingerprint density at radius 3 is 2.38 bits per heavy atom. The minimum absolute atomic E-state index is 0.133. The molecule has 0 aliphatic carbocycles. The van der Waals surface area contributed by atoms with Gasteiger partial charge in [0.25, 0.3) is 5.56 Å². The van der Waals surface area contributed by atoms with E-state index in [4.69, 9.17) is 4.74 Å². The van der Waals surface area contributed by atoms with E-state index in [1.165, 1.54) is 0 Å². The molecule has 4 rings (SSSR count). The lowest BCUT2D eigenvalue weighted by Gasteiger charge is -2.13. The van der Waals surface area contributed by atoms with Crippen molar-refractivity contribution in [2.75, 3.05) is 12.5 Å². The molecule has 1 N–H and O–H groups in total. The Kier molecular flexibility index (Phi) is 6.00. The number of aromatic nitrogens is 2. The summed E-state index contributed by atoms with van der Waals surface area (Å²) >= 11 is 3.41. The molecule has 0 radical (unpaired) electrons. The molecule has 0 spiro atoms. The van der Waals surface area contributed by atoms with Gasteiger partial charge in [0.1, 0.15) is 23.1 Å². The monoisotopic (exact) mass is 499 g/mol. The highest BCUT2D eigenvalue weighted by molar-refractivity contribution is 9.10. The van der Waals surface area contributed by atoms with Crippen LogP contribution in [0.4, 0.5) is 8.78 Å². The summed E-state index contributed by atoms with van der Waals surface area (Å²) in [6, 6.07) is 15.0. The topological polar surface area (TPSA) is 73.2 Å². The summed E-state index contributed by atoms with van der Waals surface area (Å²) in [6.45, 7) is 0. The van der Waals surface area contributed by atoms with E-state index in [-0.39, 0.29) is 12.0 Å². The van der Waals surface area contributed by atoms with Gasteiger partial charge in [-0.3, -0.25) is 9.59 Å². The second-order valence-corrected chi connectivity index (χ2v) is 7.89. The number of benzene rings is 3. The number of nitrogens with one attached hydrogen (secondary N) is 1. The van der Waals surface area contributed by atoms with Crippen LogP contribution in [0.2, 0.25) is 0 Å². The standard InChI is InChI=1S/C23H16BrF2N3O3/c1-32-18-5-2-14(3-6-18)22-20-11-15(24)4-7-19(20)23(31)29(28-22)27-21(30)10-13-8-16(25)12-17(26)9-13/h2-9,11-12H,10H2,1H3,(H,27,30). The minimum atomic E-state index is -0.791. The zero-order chi connectivity index (χ0) is 22.8. The van der Waals surface area contributed by atoms with E-state index in [0.717, 1.165) is 27.5 Å². The largest absolute Gasteiger partial charge is 0.497 e. The van der Waals surface area contributed by atoms with E-state index in [9.17, 15) is 18.4 Å². The average Bonchev–Trinajstić information content (AvgIpc) is 2.75. The van der Waals surface area contributed by atoms with Crippen LogP contribution in [-0.2, 0) is 11.2 Å². The van der Waals surface area contributed by atoms with Crippen molar-refractivity contribution in [1.29, 1.82) is 0 Å². The van der Waals surface area contributed by atoms with E-state index in [1.54, 1.807) is 49.6 Å². The number of carbonyl (C=O) groups excluding carboxylic acids is 1. The molecule has 0 saturated heterocycles. The van der Waals surface area contributed by atoms with Gasteiger partial charge in [0.05, 0.1) is 18.9 Å². The SMILES string of the molecule is COc1ccc(-c2nn(NC(=O)Cc3cc(F)cc(F)c3)c(=O)c3ccc(Br)cc23)cc1. The molecule has 0 saturated carbocycles. The first kappa shape index (κ1) is 21.6. The molecular weight excluding hydrogens is 484 g/mol. The minimum Gasteiger partial charge on any atom is -0.497 e. The maximum Gasteiger partial charge on any atom is 0.294 e. The molecule has 0 atom stereocenters. The van der Waals surface area contributed by atoms with Crippen LogP contribution in [0.25, 0.3) is 22.0 Å². The molecule has 1 heterocycles. The third-order valence-corrected chi connectivity index (χ3v) is 5.23. The van der Waals surface area contributed by atoms with Crippen LogP contribution in [0.15, 0.2) is 69.9 Å². The molecule has 0 aliphatic heterocycles. The first-order chi connectivity index (χ1) is 15.3. The lowest BCUT2D eigenvalue weighted by molar-refractivity contribution is -0.116. The average molecular weight is 500 g/mol. The maximum atomic E-state index is 13.4. The molecule has 162 valence electrons. The van der Waals surface area contributed by atoms with E-state index >= 15 is 0 Å². The Labute approximate surface area is 189 Å². The Hall–Kier alpha value is -3.59. The Morgan fingerprint density at radius 2 is 1.72 bits per heavy atom. The maximum absolute atomic E-state index is 13.4. The van der Waals surface area contributed by atoms with Crippen LogP contribution in [0.5, 0.6) is 5.75 Å². The van der Waals surface area contributed by atoms with Crippen molar-refractivity contribution in [2.24, 2.45) is 0 Å². The van der Waals surface area contributed by atoms with Crippen molar-refractivity contribution >= 4 is 32.6 Å². The molecule has 4 aromatic rings. The van der Waals surface area contributed by atoms with Gasteiger partial charge in [-0.25, -0.2) is 14.2 Å². The molecule has 9 heteroatoms. The summed E-state index contributed by atoms with van der Waals surface area (Å²) in [5.74, 6) is -1.58. The lowest BCUT2D eigenvalue weighted by Crippen LogP contribution is -2.36. The van der Waals surface area contributed by atoms with Gasteiger partial charge in [-0.1, -0.05) is 15.9 Å². The summed E-state index contributed by atoms with van der Waals surface area (Å²) < 4.78 is 32.8. The third kappa shape index (κ3) is 4.52. The number of hydrogen-bond donors (Lipinski definition) is 1. The predicted molar refractivity (Wildman–Crippen MR) is 120 cm³/mol. The van der Waals surface area contributed by atoms with Gasteiger partial charge in [0.15, 0.2) is 0 Å². The summed E-state index contributed by atoms with van der Waals surface area (Å²) in [7, 11) is 1.56. The number of halogens is 3. The van der Waals surface area contributed by atoms with Crippen molar-refractivity contribution in [3.63, 3.8) is 0 Å². The first-order valence-electron chi connectivity index (χ1n) is 9.46. The fourth-order valence-corrected chi connectivity index (χ4v) is 3.67. The van der Waals surface area contributed by atoms with E-state index in [0.29, 0.717) is 27.8 Å². The highest BCUT2D eigenvalue weighted by Crippen LogP contribution is 2.28. The van der Waals surface area contributed by atoms with Crippen LogP contribution in [0, 0.1) is 11.6 Å². The van der Waals surface area contributed by atoms with Gasteiger partial charge in [-0.2, -0.15) is 0 Å². The van der Waals surface area contributed by atoms with Crippen molar-refractivity contribution < 1.29 is 18.3 Å². The highest BCUT2D eigenvalue weighted by Gasteiger charge is 2.15. The normalized spacial score (nSPS) is 10.9. The molecule has 6 nitrogen and oxygen atoms in total. The Balaban J connectivity index is 1.75. The first-order valence-corrected chi connectivity index (χ1v) is 10.2. The number of hydrogen-bond acceptors (Lipinski definition) is 4. The quantitative estimate of drug-likeness (QED) is 0.441. The number of amides is 1. The Morgan fingerprint density at radius 1 is 1.03 bits per heavy atom. The van der Waals surface area contributed by atoms with Crippen LogP contribution >= 0.6 is 15.9 Å². The zero-order valence-electron chi connectivity index (χ0n) is 16.7. The van der Waals surface area contributed by atoms with Crippen LogP contribution < -0.4 is 15.7 Å². The second kappa shape index (κ2) is 8.88. The van der Waals surface area contributed by atoms with Gasteiger partial charge in [-0.15, -0.1) is 9.89 Å². The molecule has 32 heavy (non-hydrogen) atoms. The summed E-state index contributed by atoms with van der Waals surface area (Å²) in [5.41, 5.74) is 3.16. The van der Waals surface area contributed by atoms with Gasteiger partial charge in [0.2, 0.25) is 5.91 Å². The molecule has 1 amide bonds. The smallest absolute Gasteiger partial charge is 0.294 e. The third-order valence-electron chi connectivity index (χ3n) is 4.74. The van der Waals surface area contributed by atoms with Crippen molar-refractivity contribution in [3.8, 4) is 17.0 Å². The van der Waals surface area contributed by atoms with Gasteiger partial charge >= 0.3 is 0 Å². The molecule has 1 aromatic heterocycles. The van der Waals surface area contributed by atoms with Crippen LogP contribution in [0.3, 0.4) is 0 Å². The van der Waals surface area contributed by atoms with Gasteiger partial charge < -0.3 is 4.74 Å². The number of fused-ring (bicyclic) bond motifs is 1. The van der Waals surface area contributed by atoms with Crippen LogP contribution in [-0.4, -0.2) is 22.9 Å². The second-order valence-electron chi connectivity index (χ2n) is 6.97. The number of ether oxygens (including phenoxy) is 1. The summed E-state index contributed by atoms with van der Waals surface area (Å²) in [4.78, 5) is 26.3. The van der Waals surface area contributed by atoms with Crippen molar-refractivity contribution in [1.82, 2.24) is 9.89 Å². The molecular formula is C23H16BrF2N3O3. The zero-order valence-corrected chi connectivity index (χ0v) is 18.3. The van der Waals surface area contributed by atoms with E-state index < -0.39 is 23.1 Å². The van der Waals surface area contributed by atoms with E-state index in [2.05, 4.69) is 26.5 Å². The number of nitrogens with zero attached hydrogens (tertiary/aromatic N) is 2. The van der Waals surface area contributed by atoms with E-state index in [1.807, 2.05) is 0 Å². The number of methoxy groups -OCH3 is 1.